The average molecular weight is 286 g/mol. The molecule has 2 heterocycles. The summed E-state index contributed by atoms with van der Waals surface area (Å²) in [6, 6.07) is 0. The fraction of sp³-hybridized carbons (Fsp3) is 0.600. The van der Waals surface area contributed by atoms with Crippen LogP contribution in [0.2, 0.25) is 0 Å². The number of hydrogen-bond acceptors (Lipinski definition) is 8. The predicted molar refractivity (Wildman–Crippen MR) is 68.3 cm³/mol. The molecule has 0 bridgehead atoms. The van der Waals surface area contributed by atoms with Gasteiger partial charge in [-0.15, -0.1) is 0 Å². The highest BCUT2D eigenvalue weighted by molar-refractivity contribution is 7.05. The standard InChI is InChI=1S/C10H14N4O2S2/c1-3-6-11-8(17-13-6)5-16-10(15)9-12-7(4-2)14-18-9/h10,15H,3-5H2,1-2H3. The Morgan fingerprint density at radius 2 is 1.78 bits per heavy atom. The third-order valence-corrected chi connectivity index (χ3v) is 3.71. The van der Waals surface area contributed by atoms with Gasteiger partial charge in [-0.1, -0.05) is 13.8 Å². The predicted octanol–water partition coefficient (Wildman–Crippen LogP) is 1.72. The Morgan fingerprint density at radius 1 is 1.11 bits per heavy atom. The van der Waals surface area contributed by atoms with Gasteiger partial charge in [-0.25, -0.2) is 9.97 Å². The molecule has 0 aromatic carbocycles. The molecule has 2 rings (SSSR count). The molecule has 0 amide bonds. The van der Waals surface area contributed by atoms with Crippen molar-refractivity contribution in [1.29, 1.82) is 0 Å². The highest BCUT2D eigenvalue weighted by atomic mass is 32.1. The smallest absolute Gasteiger partial charge is 0.210 e. The van der Waals surface area contributed by atoms with Crippen LogP contribution in [0.25, 0.3) is 0 Å². The summed E-state index contributed by atoms with van der Waals surface area (Å²) in [4.78, 5) is 8.42. The number of aliphatic hydroxyl groups excluding tert-OH is 1. The lowest BCUT2D eigenvalue weighted by Gasteiger charge is -2.06. The van der Waals surface area contributed by atoms with Gasteiger partial charge in [0, 0.05) is 12.8 Å². The minimum atomic E-state index is -1.04. The van der Waals surface area contributed by atoms with Crippen molar-refractivity contribution in [3.63, 3.8) is 0 Å². The minimum absolute atomic E-state index is 0.236. The zero-order valence-corrected chi connectivity index (χ0v) is 11.8. The third kappa shape index (κ3) is 3.29. The molecule has 8 heteroatoms. The first-order valence-corrected chi connectivity index (χ1v) is 7.21. The van der Waals surface area contributed by atoms with Crippen LogP contribution in [0, 0.1) is 0 Å². The van der Waals surface area contributed by atoms with E-state index in [4.69, 9.17) is 4.74 Å². The van der Waals surface area contributed by atoms with Crippen molar-refractivity contribution < 1.29 is 9.84 Å². The Bertz CT molecular complexity index is 500. The van der Waals surface area contributed by atoms with E-state index in [0.29, 0.717) is 5.01 Å². The number of aromatic nitrogens is 4. The van der Waals surface area contributed by atoms with Crippen molar-refractivity contribution in [2.24, 2.45) is 0 Å². The summed E-state index contributed by atoms with van der Waals surface area (Å²) in [5.41, 5.74) is 0. The summed E-state index contributed by atoms with van der Waals surface area (Å²) < 4.78 is 13.5. The first kappa shape index (κ1) is 13.5. The molecule has 0 radical (unpaired) electrons. The number of nitrogens with zero attached hydrogens (tertiary/aromatic N) is 4. The second-order valence-electron chi connectivity index (χ2n) is 3.52. The van der Waals surface area contributed by atoms with Crippen LogP contribution in [0.5, 0.6) is 0 Å². The summed E-state index contributed by atoms with van der Waals surface area (Å²) in [6.07, 6.45) is 0.506. The van der Waals surface area contributed by atoms with Gasteiger partial charge in [0.2, 0.25) is 6.29 Å². The van der Waals surface area contributed by atoms with E-state index in [1.54, 1.807) is 0 Å². The maximum Gasteiger partial charge on any atom is 0.210 e. The topological polar surface area (TPSA) is 81.0 Å². The highest BCUT2D eigenvalue weighted by Gasteiger charge is 2.14. The third-order valence-electron chi connectivity index (χ3n) is 2.20. The maximum absolute atomic E-state index is 9.80. The summed E-state index contributed by atoms with van der Waals surface area (Å²) in [5.74, 6) is 1.53. The van der Waals surface area contributed by atoms with Crippen molar-refractivity contribution >= 4 is 23.1 Å². The molecule has 98 valence electrons. The van der Waals surface area contributed by atoms with E-state index < -0.39 is 6.29 Å². The van der Waals surface area contributed by atoms with E-state index in [9.17, 15) is 5.11 Å². The Kier molecular flexibility index (Phi) is 4.70. The van der Waals surface area contributed by atoms with Gasteiger partial charge in [0.05, 0.1) is 0 Å². The van der Waals surface area contributed by atoms with Gasteiger partial charge in [-0.05, 0) is 23.1 Å². The molecule has 6 nitrogen and oxygen atoms in total. The fourth-order valence-electron chi connectivity index (χ4n) is 1.23. The molecule has 0 saturated carbocycles. The number of ether oxygens (including phenoxy) is 1. The van der Waals surface area contributed by atoms with E-state index in [2.05, 4.69) is 18.7 Å². The minimum Gasteiger partial charge on any atom is -0.362 e. The van der Waals surface area contributed by atoms with Crippen molar-refractivity contribution in [1.82, 2.24) is 18.7 Å². The molecule has 1 atom stereocenters. The van der Waals surface area contributed by atoms with E-state index in [1.807, 2.05) is 13.8 Å². The van der Waals surface area contributed by atoms with Crippen LogP contribution in [0.1, 0.15) is 41.8 Å². The highest BCUT2D eigenvalue weighted by Crippen LogP contribution is 2.19. The van der Waals surface area contributed by atoms with Gasteiger partial charge < -0.3 is 9.84 Å². The lowest BCUT2D eigenvalue weighted by molar-refractivity contribution is -0.112. The normalized spacial score (nSPS) is 12.8. The molecule has 0 saturated heterocycles. The summed E-state index contributed by atoms with van der Waals surface area (Å²) in [7, 11) is 0. The molecule has 2 aromatic heterocycles. The SMILES string of the molecule is CCc1nsc(COC(O)c2nc(CC)ns2)n1. The number of aryl methyl sites for hydroxylation is 2. The van der Waals surface area contributed by atoms with Gasteiger partial charge >= 0.3 is 0 Å². The van der Waals surface area contributed by atoms with Crippen LogP contribution in [0.15, 0.2) is 0 Å². The van der Waals surface area contributed by atoms with Crippen LogP contribution < -0.4 is 0 Å². The van der Waals surface area contributed by atoms with Crippen molar-refractivity contribution in [3.05, 3.63) is 21.7 Å². The molecule has 1 unspecified atom stereocenters. The molecule has 0 aliphatic rings. The Hall–Kier alpha value is -0.960. The van der Waals surface area contributed by atoms with E-state index in [1.165, 1.54) is 11.5 Å². The maximum atomic E-state index is 9.80. The van der Waals surface area contributed by atoms with E-state index in [-0.39, 0.29) is 6.61 Å². The van der Waals surface area contributed by atoms with E-state index >= 15 is 0 Å². The second kappa shape index (κ2) is 6.28. The zero-order chi connectivity index (χ0) is 13.0. The van der Waals surface area contributed by atoms with Crippen molar-refractivity contribution in [2.75, 3.05) is 0 Å². The Morgan fingerprint density at radius 3 is 2.39 bits per heavy atom. The first-order valence-electron chi connectivity index (χ1n) is 5.66. The molecule has 0 aliphatic carbocycles. The quantitative estimate of drug-likeness (QED) is 0.814. The molecule has 0 aliphatic heterocycles. The molecule has 0 fully saturated rings. The van der Waals surface area contributed by atoms with Crippen molar-refractivity contribution in [2.45, 2.75) is 39.6 Å². The zero-order valence-electron chi connectivity index (χ0n) is 10.2. The van der Waals surface area contributed by atoms with Gasteiger partial charge in [0.25, 0.3) is 0 Å². The van der Waals surface area contributed by atoms with Crippen LogP contribution >= 0.6 is 23.1 Å². The number of rotatable bonds is 6. The van der Waals surface area contributed by atoms with Crippen molar-refractivity contribution in [3.8, 4) is 0 Å². The molecule has 1 N–H and O–H groups in total. The lowest BCUT2D eigenvalue weighted by atomic mass is 10.5. The van der Waals surface area contributed by atoms with Crippen LogP contribution in [-0.2, 0) is 24.2 Å². The number of hydrogen-bond donors (Lipinski definition) is 1. The summed E-state index contributed by atoms with van der Waals surface area (Å²) in [6.45, 7) is 4.20. The fourth-order valence-corrected chi connectivity index (χ4v) is 2.55. The summed E-state index contributed by atoms with van der Waals surface area (Å²) in [5, 5.41) is 11.0. The molecule has 18 heavy (non-hydrogen) atoms. The van der Waals surface area contributed by atoms with E-state index in [0.717, 1.165) is 41.0 Å². The van der Waals surface area contributed by atoms with Gasteiger partial charge in [0.1, 0.15) is 23.3 Å². The molecular formula is C10H14N4O2S2. The van der Waals surface area contributed by atoms with Gasteiger partial charge in [0.15, 0.2) is 5.01 Å². The largest absolute Gasteiger partial charge is 0.362 e. The number of aliphatic hydroxyl groups is 1. The molecule has 2 aromatic rings. The van der Waals surface area contributed by atoms with Crippen LogP contribution in [0.3, 0.4) is 0 Å². The molecule has 0 spiro atoms. The lowest BCUT2D eigenvalue weighted by Crippen LogP contribution is -2.03. The van der Waals surface area contributed by atoms with Gasteiger partial charge in [-0.2, -0.15) is 8.75 Å². The monoisotopic (exact) mass is 286 g/mol. The average Bonchev–Trinajstić information content (AvgIpc) is 3.04. The van der Waals surface area contributed by atoms with Crippen LogP contribution in [-0.4, -0.2) is 23.8 Å². The Labute approximate surface area is 113 Å². The van der Waals surface area contributed by atoms with Gasteiger partial charge in [-0.3, -0.25) is 0 Å². The Balaban J connectivity index is 1.89. The summed E-state index contributed by atoms with van der Waals surface area (Å²) >= 11 is 2.45. The molecular weight excluding hydrogens is 272 g/mol. The second-order valence-corrected chi connectivity index (χ2v) is 5.14. The van der Waals surface area contributed by atoms with Crippen LogP contribution in [0.4, 0.5) is 0 Å². The first-order chi connectivity index (χ1) is 8.72.